The number of nitrogens with zero attached hydrogens (tertiary/aromatic N) is 1. The second-order valence-corrected chi connectivity index (χ2v) is 6.06. The van der Waals surface area contributed by atoms with Gasteiger partial charge in [-0.05, 0) is 38.9 Å². The smallest absolute Gasteiger partial charge is 0.0947 e. The van der Waals surface area contributed by atoms with Gasteiger partial charge < -0.3 is 14.6 Å². The van der Waals surface area contributed by atoms with Crippen LogP contribution in [0.2, 0.25) is 0 Å². The Morgan fingerprint density at radius 2 is 2.33 bits per heavy atom. The first kappa shape index (κ1) is 13.6. The molecule has 3 nitrogen and oxygen atoms in total. The summed E-state index contributed by atoms with van der Waals surface area (Å²) in [6.45, 7) is 4.35. The molecule has 1 N–H and O–H groups in total. The SMILES string of the molecule is CC1CCCC(CNCc2ccoc2)(N(C)C)C1. The predicted octanol–water partition coefficient (Wildman–Crippen LogP) is 2.88. The summed E-state index contributed by atoms with van der Waals surface area (Å²) in [5.74, 6) is 0.844. The molecule has 1 aliphatic carbocycles. The standard InChI is InChI=1S/C15H26N2O/c1-13-5-4-7-15(9-13,17(2)3)12-16-10-14-6-8-18-11-14/h6,8,11,13,16H,4-5,7,9-10,12H2,1-3H3. The zero-order valence-corrected chi connectivity index (χ0v) is 11.9. The van der Waals surface area contributed by atoms with E-state index in [0.29, 0.717) is 5.54 Å². The first-order valence-corrected chi connectivity index (χ1v) is 7.02. The van der Waals surface area contributed by atoms with Crippen LogP contribution in [0.1, 0.15) is 38.2 Å². The van der Waals surface area contributed by atoms with Crippen molar-refractivity contribution in [2.45, 2.75) is 44.7 Å². The predicted molar refractivity (Wildman–Crippen MR) is 74.5 cm³/mol. The maximum absolute atomic E-state index is 5.10. The van der Waals surface area contributed by atoms with E-state index in [1.54, 1.807) is 6.26 Å². The zero-order valence-electron chi connectivity index (χ0n) is 11.9. The molecule has 102 valence electrons. The maximum Gasteiger partial charge on any atom is 0.0947 e. The Labute approximate surface area is 111 Å². The molecule has 1 aromatic rings. The first-order valence-electron chi connectivity index (χ1n) is 7.02. The summed E-state index contributed by atoms with van der Waals surface area (Å²) in [6, 6.07) is 2.03. The van der Waals surface area contributed by atoms with Crippen LogP contribution in [0.25, 0.3) is 0 Å². The average molecular weight is 250 g/mol. The van der Waals surface area contributed by atoms with Crippen LogP contribution in [-0.4, -0.2) is 31.1 Å². The van der Waals surface area contributed by atoms with Gasteiger partial charge in [-0.15, -0.1) is 0 Å². The van der Waals surface area contributed by atoms with Gasteiger partial charge in [-0.25, -0.2) is 0 Å². The molecule has 1 heterocycles. The van der Waals surface area contributed by atoms with Gasteiger partial charge in [0.2, 0.25) is 0 Å². The topological polar surface area (TPSA) is 28.4 Å². The molecular formula is C15H26N2O. The molecule has 2 atom stereocenters. The summed E-state index contributed by atoms with van der Waals surface area (Å²) in [6.07, 6.45) is 8.91. The van der Waals surface area contributed by atoms with Gasteiger partial charge in [-0.3, -0.25) is 0 Å². The zero-order chi connectivity index (χ0) is 13.0. The van der Waals surface area contributed by atoms with Gasteiger partial charge in [-0.1, -0.05) is 19.8 Å². The molecule has 0 saturated heterocycles. The van der Waals surface area contributed by atoms with Gasteiger partial charge in [0.25, 0.3) is 0 Å². The van der Waals surface area contributed by atoms with Gasteiger partial charge in [0.15, 0.2) is 0 Å². The highest BCUT2D eigenvalue weighted by Crippen LogP contribution is 2.35. The van der Waals surface area contributed by atoms with E-state index in [1.807, 2.05) is 12.3 Å². The van der Waals surface area contributed by atoms with Crippen molar-refractivity contribution in [1.29, 1.82) is 0 Å². The minimum absolute atomic E-state index is 0.335. The lowest BCUT2D eigenvalue weighted by atomic mass is 9.75. The molecule has 2 unspecified atom stereocenters. The number of nitrogens with one attached hydrogen (secondary N) is 1. The van der Waals surface area contributed by atoms with Crippen molar-refractivity contribution in [1.82, 2.24) is 10.2 Å². The summed E-state index contributed by atoms with van der Waals surface area (Å²) in [7, 11) is 4.44. The normalized spacial score (nSPS) is 28.8. The number of hydrogen-bond donors (Lipinski definition) is 1. The van der Waals surface area contributed by atoms with Crippen LogP contribution < -0.4 is 5.32 Å². The van der Waals surface area contributed by atoms with E-state index in [9.17, 15) is 0 Å². The highest BCUT2D eigenvalue weighted by molar-refractivity contribution is 5.05. The van der Waals surface area contributed by atoms with Crippen molar-refractivity contribution in [3.05, 3.63) is 24.2 Å². The lowest BCUT2D eigenvalue weighted by molar-refractivity contribution is 0.0749. The fraction of sp³-hybridized carbons (Fsp3) is 0.733. The fourth-order valence-corrected chi connectivity index (χ4v) is 3.19. The van der Waals surface area contributed by atoms with Crippen LogP contribution in [0.3, 0.4) is 0 Å². The highest BCUT2D eigenvalue weighted by atomic mass is 16.3. The second kappa shape index (κ2) is 5.89. The van der Waals surface area contributed by atoms with Crippen molar-refractivity contribution < 1.29 is 4.42 Å². The molecule has 18 heavy (non-hydrogen) atoms. The van der Waals surface area contributed by atoms with Gasteiger partial charge in [0.05, 0.1) is 12.5 Å². The third-order valence-electron chi connectivity index (χ3n) is 4.38. The molecule has 1 aromatic heterocycles. The van der Waals surface area contributed by atoms with E-state index in [-0.39, 0.29) is 0 Å². The van der Waals surface area contributed by atoms with Crippen molar-refractivity contribution in [3.8, 4) is 0 Å². The van der Waals surface area contributed by atoms with Crippen LogP contribution in [0, 0.1) is 5.92 Å². The lowest BCUT2D eigenvalue weighted by Crippen LogP contribution is -2.54. The van der Waals surface area contributed by atoms with Gasteiger partial charge in [-0.2, -0.15) is 0 Å². The number of likely N-dealkylation sites (N-methyl/N-ethyl adjacent to an activating group) is 1. The molecule has 0 radical (unpaired) electrons. The lowest BCUT2D eigenvalue weighted by Gasteiger charge is -2.45. The second-order valence-electron chi connectivity index (χ2n) is 6.06. The third-order valence-corrected chi connectivity index (χ3v) is 4.38. The molecule has 0 aromatic carbocycles. The molecule has 1 fully saturated rings. The van der Waals surface area contributed by atoms with E-state index in [0.717, 1.165) is 19.0 Å². The summed E-state index contributed by atoms with van der Waals surface area (Å²) in [5, 5.41) is 3.60. The highest BCUT2D eigenvalue weighted by Gasteiger charge is 2.36. The van der Waals surface area contributed by atoms with E-state index in [4.69, 9.17) is 4.42 Å². The van der Waals surface area contributed by atoms with Crippen LogP contribution in [0.15, 0.2) is 23.0 Å². The summed E-state index contributed by atoms with van der Waals surface area (Å²) >= 11 is 0. The van der Waals surface area contributed by atoms with E-state index in [1.165, 1.54) is 31.2 Å². The molecule has 1 saturated carbocycles. The molecular weight excluding hydrogens is 224 g/mol. The average Bonchev–Trinajstić information content (AvgIpc) is 2.82. The van der Waals surface area contributed by atoms with E-state index < -0.39 is 0 Å². The van der Waals surface area contributed by atoms with Crippen molar-refractivity contribution >= 4 is 0 Å². The fourth-order valence-electron chi connectivity index (χ4n) is 3.19. The summed E-state index contributed by atoms with van der Waals surface area (Å²) in [4.78, 5) is 2.42. The molecule has 0 amide bonds. The Kier molecular flexibility index (Phi) is 4.46. The first-order chi connectivity index (χ1) is 8.62. The number of rotatable bonds is 5. The monoisotopic (exact) mass is 250 g/mol. The van der Waals surface area contributed by atoms with E-state index in [2.05, 4.69) is 31.2 Å². The van der Waals surface area contributed by atoms with Crippen LogP contribution in [0.5, 0.6) is 0 Å². The van der Waals surface area contributed by atoms with Crippen LogP contribution in [-0.2, 0) is 6.54 Å². The largest absolute Gasteiger partial charge is 0.472 e. The number of furan rings is 1. The van der Waals surface area contributed by atoms with Gasteiger partial charge in [0, 0.05) is 24.2 Å². The van der Waals surface area contributed by atoms with Crippen LogP contribution in [0.4, 0.5) is 0 Å². The third kappa shape index (κ3) is 3.15. The van der Waals surface area contributed by atoms with Crippen molar-refractivity contribution in [2.75, 3.05) is 20.6 Å². The van der Waals surface area contributed by atoms with Gasteiger partial charge in [0.1, 0.15) is 0 Å². The maximum atomic E-state index is 5.10. The van der Waals surface area contributed by atoms with Crippen molar-refractivity contribution in [3.63, 3.8) is 0 Å². The molecule has 2 rings (SSSR count). The molecule has 1 aliphatic rings. The molecule has 3 heteroatoms. The minimum Gasteiger partial charge on any atom is -0.472 e. The summed E-state index contributed by atoms with van der Waals surface area (Å²) < 4.78 is 5.10. The van der Waals surface area contributed by atoms with E-state index >= 15 is 0 Å². The Morgan fingerprint density at radius 1 is 1.50 bits per heavy atom. The minimum atomic E-state index is 0.335. The Morgan fingerprint density at radius 3 is 2.94 bits per heavy atom. The molecule has 0 spiro atoms. The molecule has 0 bridgehead atoms. The quantitative estimate of drug-likeness (QED) is 0.871. The Hall–Kier alpha value is -0.800. The summed E-state index contributed by atoms with van der Waals surface area (Å²) in [5.41, 5.74) is 1.56. The van der Waals surface area contributed by atoms with Gasteiger partial charge >= 0.3 is 0 Å². The van der Waals surface area contributed by atoms with Crippen molar-refractivity contribution in [2.24, 2.45) is 5.92 Å². The Bertz CT molecular complexity index is 347. The van der Waals surface area contributed by atoms with Crippen LogP contribution >= 0.6 is 0 Å². The molecule has 0 aliphatic heterocycles. The number of hydrogen-bond acceptors (Lipinski definition) is 3. The Balaban J connectivity index is 1.89.